The zero-order valence-corrected chi connectivity index (χ0v) is 9.36. The Morgan fingerprint density at radius 1 is 1.47 bits per heavy atom. The molecule has 5 heteroatoms. The van der Waals surface area contributed by atoms with Gasteiger partial charge in [0.15, 0.2) is 0 Å². The van der Waals surface area contributed by atoms with Crippen molar-refractivity contribution in [2.45, 2.75) is 45.1 Å². The number of H-pyrrole nitrogens is 1. The van der Waals surface area contributed by atoms with E-state index in [1.807, 2.05) is 6.92 Å². The van der Waals surface area contributed by atoms with Crippen molar-refractivity contribution in [2.75, 3.05) is 6.61 Å². The molecule has 0 aliphatic heterocycles. The van der Waals surface area contributed by atoms with E-state index in [9.17, 15) is 0 Å². The summed E-state index contributed by atoms with van der Waals surface area (Å²) < 4.78 is 5.88. The summed E-state index contributed by atoms with van der Waals surface area (Å²) >= 11 is 0. The number of rotatable bonds is 3. The maximum Gasteiger partial charge on any atom is 0.206 e. The normalized spacial score (nSPS) is 31.7. The van der Waals surface area contributed by atoms with Crippen LogP contribution < -0.4 is 0 Å². The molecule has 1 saturated carbocycles. The molecule has 1 fully saturated rings. The van der Waals surface area contributed by atoms with E-state index in [4.69, 9.17) is 4.74 Å². The van der Waals surface area contributed by atoms with Crippen molar-refractivity contribution in [3.63, 3.8) is 0 Å². The molecule has 1 aliphatic rings. The van der Waals surface area contributed by atoms with Crippen molar-refractivity contribution >= 4 is 0 Å². The van der Waals surface area contributed by atoms with Crippen LogP contribution in [0.15, 0.2) is 0 Å². The molecule has 5 nitrogen and oxygen atoms in total. The third kappa shape index (κ3) is 2.02. The highest BCUT2D eigenvalue weighted by atomic mass is 16.5. The predicted molar refractivity (Wildman–Crippen MR) is 55.1 cm³/mol. The zero-order valence-electron chi connectivity index (χ0n) is 9.36. The van der Waals surface area contributed by atoms with Gasteiger partial charge >= 0.3 is 0 Å². The molecular weight excluding hydrogens is 192 g/mol. The van der Waals surface area contributed by atoms with Gasteiger partial charge in [-0.05, 0) is 38.5 Å². The molecule has 1 aliphatic carbocycles. The van der Waals surface area contributed by atoms with Crippen molar-refractivity contribution in [2.24, 2.45) is 5.92 Å². The maximum atomic E-state index is 5.88. The summed E-state index contributed by atoms with van der Waals surface area (Å²) in [5.74, 6) is 1.50. The van der Waals surface area contributed by atoms with E-state index in [2.05, 4.69) is 27.5 Å². The van der Waals surface area contributed by atoms with Crippen molar-refractivity contribution in [3.8, 4) is 0 Å². The van der Waals surface area contributed by atoms with E-state index < -0.39 is 0 Å². The minimum absolute atomic E-state index is 0.283. The van der Waals surface area contributed by atoms with Crippen LogP contribution in [0.1, 0.15) is 45.4 Å². The lowest BCUT2D eigenvalue weighted by Gasteiger charge is -2.36. The lowest BCUT2D eigenvalue weighted by molar-refractivity contribution is -0.0836. The fourth-order valence-electron chi connectivity index (χ4n) is 2.29. The Morgan fingerprint density at radius 3 is 2.73 bits per heavy atom. The number of tetrazole rings is 1. The second kappa shape index (κ2) is 4.26. The molecule has 0 radical (unpaired) electrons. The van der Waals surface area contributed by atoms with Gasteiger partial charge in [0, 0.05) is 6.61 Å². The van der Waals surface area contributed by atoms with Crippen molar-refractivity contribution < 1.29 is 4.74 Å². The molecule has 1 aromatic heterocycles. The van der Waals surface area contributed by atoms with Crippen LogP contribution in [0.25, 0.3) is 0 Å². The SMILES string of the molecule is CCOC1(c2nn[nH]n2)CCC(C)CC1. The Hall–Kier alpha value is -0.970. The van der Waals surface area contributed by atoms with E-state index in [0.29, 0.717) is 6.61 Å². The third-order valence-electron chi connectivity index (χ3n) is 3.26. The molecule has 0 aromatic carbocycles. The first-order valence-corrected chi connectivity index (χ1v) is 5.65. The zero-order chi connectivity index (χ0) is 10.7. The fourth-order valence-corrected chi connectivity index (χ4v) is 2.29. The first-order valence-electron chi connectivity index (χ1n) is 5.65. The van der Waals surface area contributed by atoms with Gasteiger partial charge in [-0.25, -0.2) is 0 Å². The highest BCUT2D eigenvalue weighted by Gasteiger charge is 2.40. The van der Waals surface area contributed by atoms with Gasteiger partial charge in [0.2, 0.25) is 5.82 Å². The summed E-state index contributed by atoms with van der Waals surface area (Å²) in [6.07, 6.45) is 4.35. The summed E-state index contributed by atoms with van der Waals surface area (Å²) in [5.41, 5.74) is -0.283. The van der Waals surface area contributed by atoms with Crippen LogP contribution >= 0.6 is 0 Å². The van der Waals surface area contributed by atoms with E-state index in [0.717, 1.165) is 24.6 Å². The number of nitrogens with one attached hydrogen (secondary N) is 1. The lowest BCUT2D eigenvalue weighted by Crippen LogP contribution is -2.35. The number of hydrogen-bond donors (Lipinski definition) is 1. The van der Waals surface area contributed by atoms with Crippen LogP contribution in [0, 0.1) is 5.92 Å². The van der Waals surface area contributed by atoms with Gasteiger partial charge in [-0.3, -0.25) is 0 Å². The van der Waals surface area contributed by atoms with Crippen molar-refractivity contribution in [1.29, 1.82) is 0 Å². The Labute approximate surface area is 89.6 Å². The lowest BCUT2D eigenvalue weighted by atomic mass is 9.79. The van der Waals surface area contributed by atoms with Gasteiger partial charge in [-0.1, -0.05) is 12.1 Å². The monoisotopic (exact) mass is 210 g/mol. The average molecular weight is 210 g/mol. The van der Waals surface area contributed by atoms with E-state index >= 15 is 0 Å². The van der Waals surface area contributed by atoms with E-state index in [1.54, 1.807) is 0 Å². The molecule has 0 atom stereocenters. The summed E-state index contributed by atoms with van der Waals surface area (Å²) in [6, 6.07) is 0. The van der Waals surface area contributed by atoms with Crippen LogP contribution in [0.3, 0.4) is 0 Å². The van der Waals surface area contributed by atoms with Gasteiger partial charge in [0.05, 0.1) is 0 Å². The standard InChI is InChI=1S/C10H18N4O/c1-3-15-10(9-11-13-14-12-9)6-4-8(2)5-7-10/h8H,3-7H2,1-2H3,(H,11,12,13,14). The van der Waals surface area contributed by atoms with Crippen LogP contribution in [-0.4, -0.2) is 27.2 Å². The summed E-state index contributed by atoms with van der Waals surface area (Å²) in [4.78, 5) is 0. The average Bonchev–Trinajstić information content (AvgIpc) is 2.76. The largest absolute Gasteiger partial charge is 0.367 e. The molecule has 0 saturated heterocycles. The number of nitrogens with zero attached hydrogens (tertiary/aromatic N) is 3. The molecule has 0 spiro atoms. The van der Waals surface area contributed by atoms with Crippen LogP contribution in [0.4, 0.5) is 0 Å². The molecule has 15 heavy (non-hydrogen) atoms. The van der Waals surface area contributed by atoms with Gasteiger partial charge in [0.1, 0.15) is 5.60 Å². The summed E-state index contributed by atoms with van der Waals surface area (Å²) in [5, 5.41) is 14.3. The molecule has 1 N–H and O–H groups in total. The third-order valence-corrected chi connectivity index (χ3v) is 3.26. The molecule has 0 amide bonds. The topological polar surface area (TPSA) is 63.7 Å². The van der Waals surface area contributed by atoms with E-state index in [1.165, 1.54) is 12.8 Å². The Balaban J connectivity index is 2.18. The quantitative estimate of drug-likeness (QED) is 0.823. The number of hydrogen-bond acceptors (Lipinski definition) is 4. The fraction of sp³-hybridized carbons (Fsp3) is 0.900. The van der Waals surface area contributed by atoms with Crippen molar-refractivity contribution in [3.05, 3.63) is 5.82 Å². The molecule has 84 valence electrons. The van der Waals surface area contributed by atoms with E-state index in [-0.39, 0.29) is 5.60 Å². The highest BCUT2D eigenvalue weighted by molar-refractivity contribution is 5.01. The van der Waals surface area contributed by atoms with Gasteiger partial charge in [0.25, 0.3) is 0 Å². The molecule has 1 aromatic rings. The van der Waals surface area contributed by atoms with Gasteiger partial charge in [-0.15, -0.1) is 10.2 Å². The minimum atomic E-state index is -0.283. The summed E-state index contributed by atoms with van der Waals surface area (Å²) in [6.45, 7) is 4.99. The summed E-state index contributed by atoms with van der Waals surface area (Å²) in [7, 11) is 0. The predicted octanol–water partition coefficient (Wildman–Crippen LogP) is 1.64. The van der Waals surface area contributed by atoms with Gasteiger partial charge < -0.3 is 4.74 Å². The maximum absolute atomic E-state index is 5.88. The van der Waals surface area contributed by atoms with Crippen LogP contribution in [0.5, 0.6) is 0 Å². The second-order valence-electron chi connectivity index (χ2n) is 4.35. The highest BCUT2D eigenvalue weighted by Crippen LogP contribution is 2.40. The number of ether oxygens (including phenoxy) is 1. The molecule has 2 rings (SSSR count). The van der Waals surface area contributed by atoms with Crippen LogP contribution in [0.2, 0.25) is 0 Å². The molecular formula is C10H18N4O. The second-order valence-corrected chi connectivity index (χ2v) is 4.35. The first-order chi connectivity index (χ1) is 7.27. The Morgan fingerprint density at radius 2 is 2.20 bits per heavy atom. The molecule has 0 unspecified atom stereocenters. The number of aromatic amines is 1. The minimum Gasteiger partial charge on any atom is -0.367 e. The van der Waals surface area contributed by atoms with Crippen LogP contribution in [-0.2, 0) is 10.3 Å². The Kier molecular flexibility index (Phi) is 3.00. The smallest absolute Gasteiger partial charge is 0.206 e. The first kappa shape index (κ1) is 10.5. The molecule has 1 heterocycles. The van der Waals surface area contributed by atoms with Gasteiger partial charge in [-0.2, -0.15) is 5.21 Å². The number of aromatic nitrogens is 4. The van der Waals surface area contributed by atoms with Crippen molar-refractivity contribution in [1.82, 2.24) is 20.6 Å². The Bertz CT molecular complexity index is 290. The molecule has 0 bridgehead atoms.